The second-order valence-electron chi connectivity index (χ2n) is 3.65. The zero-order valence-electron chi connectivity index (χ0n) is 10.4. The molecule has 0 aliphatic carbocycles. The molecule has 1 unspecified atom stereocenters. The molecular formula is C13H18O4. The van der Waals surface area contributed by atoms with Crippen molar-refractivity contribution in [2.75, 3.05) is 14.2 Å². The molecule has 1 aromatic carbocycles. The van der Waals surface area contributed by atoms with Crippen LogP contribution in [-0.2, 0) is 15.9 Å². The first-order valence-electron chi connectivity index (χ1n) is 5.57. The molecule has 0 heterocycles. The van der Waals surface area contributed by atoms with Crippen LogP contribution in [0.2, 0.25) is 0 Å². The molecule has 1 atom stereocenters. The van der Waals surface area contributed by atoms with E-state index in [2.05, 4.69) is 4.74 Å². The number of hydrogen-bond donors (Lipinski definition) is 0. The molecule has 0 aliphatic heterocycles. The molecule has 4 nitrogen and oxygen atoms in total. The Morgan fingerprint density at radius 2 is 1.88 bits per heavy atom. The fourth-order valence-electron chi connectivity index (χ4n) is 1.48. The van der Waals surface area contributed by atoms with Gasteiger partial charge in [-0.25, -0.2) is 4.79 Å². The summed E-state index contributed by atoms with van der Waals surface area (Å²) >= 11 is 0. The van der Waals surface area contributed by atoms with Gasteiger partial charge in [-0.3, -0.25) is 0 Å². The Bertz CT molecular complexity index is 345. The van der Waals surface area contributed by atoms with E-state index in [4.69, 9.17) is 9.47 Å². The lowest BCUT2D eigenvalue weighted by molar-refractivity contribution is 0.0357. The molecule has 0 saturated carbocycles. The predicted octanol–water partition coefficient (Wildman–Crippen LogP) is 2.80. The van der Waals surface area contributed by atoms with Gasteiger partial charge in [0.1, 0.15) is 11.9 Å². The number of ether oxygens (including phenoxy) is 3. The fourth-order valence-corrected chi connectivity index (χ4v) is 1.48. The van der Waals surface area contributed by atoms with Gasteiger partial charge >= 0.3 is 6.16 Å². The molecule has 0 bridgehead atoms. The molecular weight excluding hydrogens is 220 g/mol. The van der Waals surface area contributed by atoms with E-state index in [1.54, 1.807) is 7.11 Å². The third-order valence-electron chi connectivity index (χ3n) is 2.51. The van der Waals surface area contributed by atoms with Gasteiger partial charge in [0.25, 0.3) is 0 Å². The van der Waals surface area contributed by atoms with Crippen molar-refractivity contribution in [3.63, 3.8) is 0 Å². The maximum absolute atomic E-state index is 11.0. The minimum absolute atomic E-state index is 0.157. The lowest BCUT2D eigenvalue weighted by Gasteiger charge is -2.15. The number of carbonyl (C=O) groups is 1. The van der Waals surface area contributed by atoms with E-state index >= 15 is 0 Å². The Kier molecular flexibility index (Phi) is 5.33. The maximum Gasteiger partial charge on any atom is 0.508 e. The third-order valence-corrected chi connectivity index (χ3v) is 2.51. The summed E-state index contributed by atoms with van der Waals surface area (Å²) in [5.74, 6) is 0.815. The Labute approximate surface area is 101 Å². The molecule has 0 aromatic heterocycles. The number of benzene rings is 1. The molecule has 94 valence electrons. The SMILES string of the molecule is CCC(Cc1ccc(OC)cc1)OC(=O)OC. The van der Waals surface area contributed by atoms with E-state index < -0.39 is 6.16 Å². The van der Waals surface area contributed by atoms with Gasteiger partial charge in [0.2, 0.25) is 0 Å². The highest BCUT2D eigenvalue weighted by atomic mass is 16.7. The average Bonchev–Trinajstić information content (AvgIpc) is 2.38. The summed E-state index contributed by atoms with van der Waals surface area (Å²) in [6.07, 6.45) is 0.637. The lowest BCUT2D eigenvalue weighted by Crippen LogP contribution is -2.19. The summed E-state index contributed by atoms with van der Waals surface area (Å²) in [6, 6.07) is 7.70. The van der Waals surface area contributed by atoms with Gasteiger partial charge in [-0.15, -0.1) is 0 Å². The number of hydrogen-bond acceptors (Lipinski definition) is 4. The molecule has 0 N–H and O–H groups in total. The van der Waals surface area contributed by atoms with Crippen LogP contribution in [-0.4, -0.2) is 26.5 Å². The van der Waals surface area contributed by atoms with Crippen LogP contribution in [0.15, 0.2) is 24.3 Å². The van der Waals surface area contributed by atoms with Crippen molar-refractivity contribution in [3.05, 3.63) is 29.8 Å². The van der Waals surface area contributed by atoms with Gasteiger partial charge in [-0.05, 0) is 24.1 Å². The van der Waals surface area contributed by atoms with Crippen LogP contribution in [0.5, 0.6) is 5.75 Å². The van der Waals surface area contributed by atoms with Crippen molar-refractivity contribution in [2.45, 2.75) is 25.9 Å². The van der Waals surface area contributed by atoms with Crippen molar-refractivity contribution in [3.8, 4) is 5.75 Å². The van der Waals surface area contributed by atoms with E-state index in [1.165, 1.54) is 7.11 Å². The minimum atomic E-state index is -0.634. The lowest BCUT2D eigenvalue weighted by atomic mass is 10.1. The van der Waals surface area contributed by atoms with Crippen molar-refractivity contribution in [1.82, 2.24) is 0 Å². The molecule has 1 rings (SSSR count). The summed E-state index contributed by atoms with van der Waals surface area (Å²) < 4.78 is 14.7. The largest absolute Gasteiger partial charge is 0.508 e. The Morgan fingerprint density at radius 1 is 1.24 bits per heavy atom. The maximum atomic E-state index is 11.0. The first kappa shape index (κ1) is 13.4. The van der Waals surface area contributed by atoms with E-state index in [-0.39, 0.29) is 6.10 Å². The van der Waals surface area contributed by atoms with Gasteiger partial charge in [0, 0.05) is 6.42 Å². The Morgan fingerprint density at radius 3 is 2.35 bits per heavy atom. The predicted molar refractivity (Wildman–Crippen MR) is 64.3 cm³/mol. The molecule has 0 fully saturated rings. The second-order valence-corrected chi connectivity index (χ2v) is 3.65. The number of rotatable bonds is 5. The summed E-state index contributed by atoms with van der Waals surface area (Å²) in [5.41, 5.74) is 1.10. The molecule has 0 saturated heterocycles. The first-order valence-corrected chi connectivity index (χ1v) is 5.57. The number of carbonyl (C=O) groups excluding carboxylic acids is 1. The highest BCUT2D eigenvalue weighted by molar-refractivity contribution is 5.59. The van der Waals surface area contributed by atoms with Gasteiger partial charge < -0.3 is 14.2 Å². The van der Waals surface area contributed by atoms with Crippen molar-refractivity contribution >= 4 is 6.16 Å². The minimum Gasteiger partial charge on any atom is -0.497 e. The molecule has 0 amide bonds. The van der Waals surface area contributed by atoms with Gasteiger partial charge in [-0.2, -0.15) is 0 Å². The molecule has 0 radical (unpaired) electrons. The normalized spacial score (nSPS) is 11.7. The molecule has 4 heteroatoms. The average molecular weight is 238 g/mol. The molecule has 0 spiro atoms. The summed E-state index contributed by atoms with van der Waals surface area (Å²) in [5, 5.41) is 0. The highest BCUT2D eigenvalue weighted by Gasteiger charge is 2.13. The molecule has 1 aromatic rings. The fraction of sp³-hybridized carbons (Fsp3) is 0.462. The van der Waals surface area contributed by atoms with Gasteiger partial charge in [0.15, 0.2) is 0 Å². The van der Waals surface area contributed by atoms with E-state index in [9.17, 15) is 4.79 Å². The van der Waals surface area contributed by atoms with Gasteiger partial charge in [0.05, 0.1) is 14.2 Å². The Balaban J connectivity index is 2.57. The van der Waals surface area contributed by atoms with Crippen molar-refractivity contribution < 1.29 is 19.0 Å². The van der Waals surface area contributed by atoms with Crippen LogP contribution < -0.4 is 4.74 Å². The highest BCUT2D eigenvalue weighted by Crippen LogP contribution is 2.15. The summed E-state index contributed by atoms with van der Waals surface area (Å²) in [4.78, 5) is 11.0. The third kappa shape index (κ3) is 4.34. The summed E-state index contributed by atoms with van der Waals surface area (Å²) in [6.45, 7) is 1.97. The number of methoxy groups -OCH3 is 2. The van der Waals surface area contributed by atoms with Crippen molar-refractivity contribution in [1.29, 1.82) is 0 Å². The first-order chi connectivity index (χ1) is 8.19. The van der Waals surface area contributed by atoms with Crippen molar-refractivity contribution in [2.24, 2.45) is 0 Å². The van der Waals surface area contributed by atoms with Gasteiger partial charge in [-0.1, -0.05) is 19.1 Å². The Hall–Kier alpha value is -1.71. The topological polar surface area (TPSA) is 44.8 Å². The smallest absolute Gasteiger partial charge is 0.497 e. The van der Waals surface area contributed by atoms with E-state index in [1.807, 2.05) is 31.2 Å². The monoisotopic (exact) mass is 238 g/mol. The van der Waals surface area contributed by atoms with Crippen LogP contribution in [0.3, 0.4) is 0 Å². The van der Waals surface area contributed by atoms with E-state index in [0.29, 0.717) is 6.42 Å². The zero-order valence-corrected chi connectivity index (χ0v) is 10.4. The standard InChI is InChI=1S/C13H18O4/c1-4-11(17-13(14)16-3)9-10-5-7-12(15-2)8-6-10/h5-8,11H,4,9H2,1-3H3. The van der Waals surface area contributed by atoms with Crippen LogP contribution in [0.25, 0.3) is 0 Å². The van der Waals surface area contributed by atoms with Crippen LogP contribution in [0, 0.1) is 0 Å². The molecule has 17 heavy (non-hydrogen) atoms. The van der Waals surface area contributed by atoms with Crippen LogP contribution >= 0.6 is 0 Å². The van der Waals surface area contributed by atoms with Crippen LogP contribution in [0.4, 0.5) is 4.79 Å². The second kappa shape index (κ2) is 6.78. The van der Waals surface area contributed by atoms with E-state index in [0.717, 1.165) is 17.7 Å². The molecule has 0 aliphatic rings. The zero-order chi connectivity index (χ0) is 12.7. The quantitative estimate of drug-likeness (QED) is 0.740. The summed E-state index contributed by atoms with van der Waals surface area (Å²) in [7, 11) is 2.94. The van der Waals surface area contributed by atoms with Crippen LogP contribution in [0.1, 0.15) is 18.9 Å².